The van der Waals surface area contributed by atoms with E-state index in [4.69, 9.17) is 14.2 Å². The van der Waals surface area contributed by atoms with E-state index in [1.54, 1.807) is 0 Å². The van der Waals surface area contributed by atoms with Crippen LogP contribution in [-0.2, 0) is 27.4 Å². The molecule has 0 radical (unpaired) electrons. The van der Waals surface area contributed by atoms with Gasteiger partial charge in [-0.2, -0.15) is 0 Å². The molecule has 2 aromatic rings. The van der Waals surface area contributed by atoms with Crippen LogP contribution in [0.1, 0.15) is 24.0 Å². The van der Waals surface area contributed by atoms with Gasteiger partial charge in [0.05, 0.1) is 32.0 Å². The zero-order chi connectivity index (χ0) is 17.3. The van der Waals surface area contributed by atoms with E-state index in [1.165, 1.54) is 11.1 Å². The fourth-order valence-electron chi connectivity index (χ4n) is 3.11. The second-order valence-electron chi connectivity index (χ2n) is 6.39. The summed E-state index contributed by atoms with van der Waals surface area (Å²) in [6.07, 6.45) is 3.84. The van der Waals surface area contributed by atoms with E-state index in [0.29, 0.717) is 19.8 Å². The predicted molar refractivity (Wildman–Crippen MR) is 99.2 cm³/mol. The molecule has 0 unspecified atom stereocenters. The minimum Gasteiger partial charge on any atom is -0.374 e. The average Bonchev–Trinajstić information content (AvgIpc) is 3.04. The monoisotopic (exact) mass is 338 g/mol. The lowest BCUT2D eigenvalue weighted by atomic mass is 10.1. The lowest BCUT2D eigenvalue weighted by Crippen LogP contribution is -2.29. The van der Waals surface area contributed by atoms with E-state index in [-0.39, 0.29) is 18.3 Å². The minimum absolute atomic E-state index is 0.0302. The molecule has 1 fully saturated rings. The molecule has 3 atom stereocenters. The van der Waals surface area contributed by atoms with E-state index in [9.17, 15) is 0 Å². The molecule has 0 spiro atoms. The van der Waals surface area contributed by atoms with Crippen LogP contribution in [0.3, 0.4) is 0 Å². The van der Waals surface area contributed by atoms with Crippen molar-refractivity contribution in [3.05, 3.63) is 84.4 Å². The van der Waals surface area contributed by atoms with Crippen molar-refractivity contribution in [3.63, 3.8) is 0 Å². The molecule has 132 valence electrons. The number of rotatable bonds is 9. The number of benzene rings is 2. The number of hydrogen-bond donors (Lipinski definition) is 0. The van der Waals surface area contributed by atoms with Crippen molar-refractivity contribution in [2.24, 2.45) is 0 Å². The third kappa shape index (κ3) is 5.53. The molecule has 25 heavy (non-hydrogen) atoms. The summed E-state index contributed by atoms with van der Waals surface area (Å²) >= 11 is 0. The Morgan fingerprint density at radius 2 is 1.60 bits per heavy atom. The first kappa shape index (κ1) is 17.9. The highest BCUT2D eigenvalue weighted by atomic mass is 16.6. The maximum Gasteiger partial charge on any atom is 0.107 e. The summed E-state index contributed by atoms with van der Waals surface area (Å²) in [5.74, 6) is 0. The molecule has 0 saturated carbocycles. The third-order valence-electron chi connectivity index (χ3n) is 4.41. The Labute approximate surface area is 150 Å². The Hall–Kier alpha value is -1.94. The molecular weight excluding hydrogens is 312 g/mol. The largest absolute Gasteiger partial charge is 0.374 e. The molecule has 0 bridgehead atoms. The van der Waals surface area contributed by atoms with Crippen molar-refractivity contribution in [1.82, 2.24) is 0 Å². The Bertz CT molecular complexity index is 626. The maximum absolute atomic E-state index is 6.14. The van der Waals surface area contributed by atoms with Gasteiger partial charge in [0.2, 0.25) is 0 Å². The first-order valence-corrected chi connectivity index (χ1v) is 8.88. The predicted octanol–water partition coefficient (Wildman–Crippen LogP) is 4.52. The minimum atomic E-state index is -0.0302. The molecule has 0 aromatic heterocycles. The lowest BCUT2D eigenvalue weighted by molar-refractivity contribution is -0.0705. The molecule has 1 saturated heterocycles. The summed E-state index contributed by atoms with van der Waals surface area (Å²) in [5.41, 5.74) is 2.35. The summed E-state index contributed by atoms with van der Waals surface area (Å²) in [6.45, 7) is 5.56. The van der Waals surface area contributed by atoms with E-state index in [1.807, 2.05) is 42.5 Å². The second-order valence-corrected chi connectivity index (χ2v) is 6.39. The smallest absolute Gasteiger partial charge is 0.107 e. The molecule has 0 aliphatic carbocycles. The van der Waals surface area contributed by atoms with Crippen LogP contribution in [0.2, 0.25) is 0 Å². The topological polar surface area (TPSA) is 27.7 Å². The van der Waals surface area contributed by atoms with Crippen molar-refractivity contribution in [1.29, 1.82) is 0 Å². The number of hydrogen-bond acceptors (Lipinski definition) is 3. The Kier molecular flexibility index (Phi) is 6.80. The highest BCUT2D eigenvalue weighted by Crippen LogP contribution is 2.27. The van der Waals surface area contributed by atoms with Crippen LogP contribution in [0, 0.1) is 0 Å². The van der Waals surface area contributed by atoms with Crippen molar-refractivity contribution < 1.29 is 14.2 Å². The van der Waals surface area contributed by atoms with Gasteiger partial charge in [-0.1, -0.05) is 66.7 Å². The molecule has 3 rings (SSSR count). The summed E-state index contributed by atoms with van der Waals surface area (Å²) < 4.78 is 18.1. The van der Waals surface area contributed by atoms with Gasteiger partial charge < -0.3 is 14.2 Å². The van der Waals surface area contributed by atoms with Gasteiger partial charge in [-0.15, -0.1) is 6.58 Å². The van der Waals surface area contributed by atoms with E-state index in [0.717, 1.165) is 12.8 Å². The van der Waals surface area contributed by atoms with Crippen molar-refractivity contribution in [3.8, 4) is 0 Å². The summed E-state index contributed by atoms with van der Waals surface area (Å²) in [4.78, 5) is 0. The molecule has 1 aliphatic heterocycles. The number of ether oxygens (including phenoxy) is 3. The molecule has 0 amide bonds. The normalized spacial score (nSPS) is 22.8. The van der Waals surface area contributed by atoms with Crippen molar-refractivity contribution in [2.45, 2.75) is 44.4 Å². The molecule has 1 heterocycles. The summed E-state index contributed by atoms with van der Waals surface area (Å²) in [7, 11) is 0. The third-order valence-corrected chi connectivity index (χ3v) is 4.41. The van der Waals surface area contributed by atoms with Gasteiger partial charge in [0.1, 0.15) is 6.10 Å². The van der Waals surface area contributed by atoms with Crippen molar-refractivity contribution in [2.75, 3.05) is 6.61 Å². The molecule has 3 nitrogen and oxygen atoms in total. The first-order valence-electron chi connectivity index (χ1n) is 8.88. The summed E-state index contributed by atoms with van der Waals surface area (Å²) in [5, 5.41) is 0. The van der Waals surface area contributed by atoms with Gasteiger partial charge in [-0.25, -0.2) is 0 Å². The van der Waals surface area contributed by atoms with E-state index >= 15 is 0 Å². The Morgan fingerprint density at radius 1 is 0.960 bits per heavy atom. The van der Waals surface area contributed by atoms with Crippen LogP contribution < -0.4 is 0 Å². The van der Waals surface area contributed by atoms with Gasteiger partial charge in [0.25, 0.3) is 0 Å². The highest BCUT2D eigenvalue weighted by molar-refractivity contribution is 5.14. The lowest BCUT2D eigenvalue weighted by Gasteiger charge is -2.19. The van der Waals surface area contributed by atoms with Crippen LogP contribution in [-0.4, -0.2) is 24.9 Å². The van der Waals surface area contributed by atoms with Crippen LogP contribution in [0.4, 0.5) is 0 Å². The molecule has 0 N–H and O–H groups in total. The van der Waals surface area contributed by atoms with Gasteiger partial charge in [0.15, 0.2) is 0 Å². The van der Waals surface area contributed by atoms with Crippen LogP contribution in [0.15, 0.2) is 73.3 Å². The van der Waals surface area contributed by atoms with E-state index < -0.39 is 0 Å². The zero-order valence-corrected chi connectivity index (χ0v) is 14.6. The second kappa shape index (κ2) is 9.52. The van der Waals surface area contributed by atoms with Gasteiger partial charge in [-0.05, 0) is 17.5 Å². The highest BCUT2D eigenvalue weighted by Gasteiger charge is 2.35. The molecule has 3 heteroatoms. The summed E-state index contributed by atoms with van der Waals surface area (Å²) in [6, 6.07) is 20.4. The standard InChI is InChI=1S/C22H26O3/c1-2-9-20-14-21(24-16-19-12-7-4-8-13-19)22(25-20)17-23-15-18-10-5-3-6-11-18/h2-8,10-13,20-22H,1,9,14-17H2/t20-,21+,22+/m1/s1. The van der Waals surface area contributed by atoms with Gasteiger partial charge in [-0.3, -0.25) is 0 Å². The Balaban J connectivity index is 1.51. The van der Waals surface area contributed by atoms with Crippen LogP contribution >= 0.6 is 0 Å². The van der Waals surface area contributed by atoms with Gasteiger partial charge in [0, 0.05) is 6.42 Å². The van der Waals surface area contributed by atoms with Gasteiger partial charge >= 0.3 is 0 Å². The maximum atomic E-state index is 6.14. The first-order chi connectivity index (χ1) is 12.3. The average molecular weight is 338 g/mol. The fourth-order valence-corrected chi connectivity index (χ4v) is 3.11. The molecular formula is C22H26O3. The van der Waals surface area contributed by atoms with Crippen LogP contribution in [0.5, 0.6) is 0 Å². The quantitative estimate of drug-likeness (QED) is 0.629. The molecule has 1 aliphatic rings. The van der Waals surface area contributed by atoms with Crippen LogP contribution in [0.25, 0.3) is 0 Å². The fraction of sp³-hybridized carbons (Fsp3) is 0.364. The zero-order valence-electron chi connectivity index (χ0n) is 14.6. The van der Waals surface area contributed by atoms with E-state index in [2.05, 4.69) is 30.8 Å². The Morgan fingerprint density at radius 3 is 2.24 bits per heavy atom. The van der Waals surface area contributed by atoms with Crippen molar-refractivity contribution >= 4 is 0 Å². The molecule has 2 aromatic carbocycles. The SMILES string of the molecule is C=CC[C@@H]1C[C@H](OCc2ccccc2)[C@H](COCc2ccccc2)O1.